The van der Waals surface area contributed by atoms with Gasteiger partial charge >= 0.3 is 0 Å². The molecule has 0 N–H and O–H groups in total. The van der Waals surface area contributed by atoms with Gasteiger partial charge in [-0.15, -0.1) is 0 Å². The molecule has 1 aromatic carbocycles. The molecule has 0 atom stereocenters. The molecule has 0 unspecified atom stereocenters. The van der Waals surface area contributed by atoms with Crippen molar-refractivity contribution in [3.63, 3.8) is 0 Å². The number of carbonyl (C=O) groups excluding carboxylic acids is 1. The van der Waals surface area contributed by atoms with E-state index < -0.39 is 0 Å². The van der Waals surface area contributed by atoms with Crippen molar-refractivity contribution < 1.29 is 14.3 Å². The summed E-state index contributed by atoms with van der Waals surface area (Å²) in [6.45, 7) is 4.55. The summed E-state index contributed by atoms with van der Waals surface area (Å²) in [4.78, 5) is 12.3. The smallest absolute Gasteiger partial charge is 0.189 e. The number of hydrogen-bond acceptors (Lipinski definition) is 4. The standard InChI is InChI=1S/C17H20N2O3/c1-5-19-11-15(12(2)18-19)16(20)8-6-13-10-14(21-3)7-9-17(13)22-4/h6-11H,5H2,1-4H3/b8-6+. The fraction of sp³-hybridized carbons (Fsp3) is 0.294. The minimum absolute atomic E-state index is 0.0814. The van der Waals surface area contributed by atoms with Gasteiger partial charge in [-0.25, -0.2) is 0 Å². The molecule has 116 valence electrons. The van der Waals surface area contributed by atoms with Gasteiger partial charge in [-0.2, -0.15) is 5.10 Å². The lowest BCUT2D eigenvalue weighted by atomic mass is 10.1. The van der Waals surface area contributed by atoms with Crippen LogP contribution < -0.4 is 9.47 Å². The van der Waals surface area contributed by atoms with E-state index in [1.165, 1.54) is 6.08 Å². The van der Waals surface area contributed by atoms with Gasteiger partial charge in [-0.3, -0.25) is 9.48 Å². The van der Waals surface area contributed by atoms with E-state index in [4.69, 9.17) is 9.47 Å². The number of ketones is 1. The van der Waals surface area contributed by atoms with Crippen molar-refractivity contribution in [2.45, 2.75) is 20.4 Å². The summed E-state index contributed by atoms with van der Waals surface area (Å²) < 4.78 is 12.2. The molecule has 1 aromatic heterocycles. The number of aromatic nitrogens is 2. The first kappa shape index (κ1) is 15.8. The van der Waals surface area contributed by atoms with Crippen LogP contribution in [0.4, 0.5) is 0 Å². The van der Waals surface area contributed by atoms with Crippen LogP contribution in [0.5, 0.6) is 11.5 Å². The summed E-state index contributed by atoms with van der Waals surface area (Å²) in [5, 5.41) is 4.28. The van der Waals surface area contributed by atoms with E-state index in [2.05, 4.69) is 5.10 Å². The van der Waals surface area contributed by atoms with E-state index in [0.717, 1.165) is 17.8 Å². The van der Waals surface area contributed by atoms with Crippen LogP contribution in [0.15, 0.2) is 30.5 Å². The topological polar surface area (TPSA) is 53.4 Å². The van der Waals surface area contributed by atoms with Gasteiger partial charge in [-0.1, -0.05) is 0 Å². The Labute approximate surface area is 130 Å². The average molecular weight is 300 g/mol. The lowest BCUT2D eigenvalue weighted by Gasteiger charge is -2.06. The highest BCUT2D eigenvalue weighted by Crippen LogP contribution is 2.25. The van der Waals surface area contributed by atoms with Crippen molar-refractivity contribution in [1.82, 2.24) is 9.78 Å². The van der Waals surface area contributed by atoms with Crippen molar-refractivity contribution in [2.24, 2.45) is 0 Å². The molecule has 0 aliphatic carbocycles. The maximum atomic E-state index is 12.3. The van der Waals surface area contributed by atoms with Gasteiger partial charge in [0.05, 0.1) is 25.5 Å². The molecule has 1 heterocycles. The molecular weight excluding hydrogens is 280 g/mol. The monoisotopic (exact) mass is 300 g/mol. The molecule has 2 aromatic rings. The molecule has 0 radical (unpaired) electrons. The lowest BCUT2D eigenvalue weighted by Crippen LogP contribution is -1.95. The molecule has 2 rings (SSSR count). The summed E-state index contributed by atoms with van der Waals surface area (Å²) in [6.07, 6.45) is 5.03. The minimum atomic E-state index is -0.0814. The van der Waals surface area contributed by atoms with Crippen LogP contribution in [-0.4, -0.2) is 29.8 Å². The van der Waals surface area contributed by atoms with Gasteiger partial charge in [-0.05, 0) is 44.2 Å². The van der Waals surface area contributed by atoms with Crippen molar-refractivity contribution in [1.29, 1.82) is 0 Å². The number of carbonyl (C=O) groups is 1. The summed E-state index contributed by atoms with van der Waals surface area (Å²) in [5.74, 6) is 1.32. The Hall–Kier alpha value is -2.56. The second-order valence-electron chi connectivity index (χ2n) is 4.79. The molecule has 5 nitrogen and oxygen atoms in total. The number of methoxy groups -OCH3 is 2. The Morgan fingerprint density at radius 2 is 2.09 bits per heavy atom. The van der Waals surface area contributed by atoms with Gasteiger partial charge in [0.15, 0.2) is 5.78 Å². The zero-order valence-electron chi connectivity index (χ0n) is 13.3. The van der Waals surface area contributed by atoms with E-state index in [-0.39, 0.29) is 5.78 Å². The minimum Gasteiger partial charge on any atom is -0.497 e. The zero-order chi connectivity index (χ0) is 16.1. The molecular formula is C17H20N2O3. The SMILES string of the molecule is CCn1cc(C(=O)/C=C/c2cc(OC)ccc2OC)c(C)n1. The Balaban J connectivity index is 2.27. The number of rotatable bonds is 6. The van der Waals surface area contributed by atoms with Gasteiger partial charge < -0.3 is 9.47 Å². The third-order valence-electron chi connectivity index (χ3n) is 3.39. The highest BCUT2D eigenvalue weighted by molar-refractivity contribution is 6.07. The van der Waals surface area contributed by atoms with Crippen LogP contribution in [0.1, 0.15) is 28.5 Å². The average Bonchev–Trinajstić information content (AvgIpc) is 2.93. The first-order chi connectivity index (χ1) is 10.6. The number of ether oxygens (including phenoxy) is 2. The molecule has 0 fully saturated rings. The van der Waals surface area contributed by atoms with E-state index in [0.29, 0.717) is 17.1 Å². The second kappa shape index (κ2) is 6.93. The predicted molar refractivity (Wildman–Crippen MR) is 85.5 cm³/mol. The summed E-state index contributed by atoms with van der Waals surface area (Å²) in [6, 6.07) is 5.45. The Kier molecular flexibility index (Phi) is 4.99. The Morgan fingerprint density at radius 3 is 2.68 bits per heavy atom. The summed E-state index contributed by atoms with van der Waals surface area (Å²) in [7, 11) is 3.19. The van der Waals surface area contributed by atoms with Crippen LogP contribution in [0.2, 0.25) is 0 Å². The molecule has 0 spiro atoms. The maximum absolute atomic E-state index is 12.3. The first-order valence-electron chi connectivity index (χ1n) is 7.07. The van der Waals surface area contributed by atoms with Gasteiger partial charge in [0, 0.05) is 18.3 Å². The number of benzene rings is 1. The third kappa shape index (κ3) is 3.36. The van der Waals surface area contributed by atoms with Crippen LogP contribution in [0.3, 0.4) is 0 Å². The number of hydrogen-bond donors (Lipinski definition) is 0. The van der Waals surface area contributed by atoms with Gasteiger partial charge in [0.25, 0.3) is 0 Å². The van der Waals surface area contributed by atoms with Crippen molar-refractivity contribution in [2.75, 3.05) is 14.2 Å². The van der Waals surface area contributed by atoms with E-state index >= 15 is 0 Å². The van der Waals surface area contributed by atoms with E-state index in [1.807, 2.05) is 32.0 Å². The molecule has 0 bridgehead atoms. The van der Waals surface area contributed by atoms with E-state index in [9.17, 15) is 4.79 Å². The quantitative estimate of drug-likeness (QED) is 0.607. The maximum Gasteiger partial charge on any atom is 0.189 e. The van der Waals surface area contributed by atoms with E-state index in [1.54, 1.807) is 31.2 Å². The lowest BCUT2D eigenvalue weighted by molar-refractivity contribution is 0.104. The molecule has 0 saturated heterocycles. The van der Waals surface area contributed by atoms with Gasteiger partial charge in [0.2, 0.25) is 0 Å². The van der Waals surface area contributed by atoms with Crippen LogP contribution in [0, 0.1) is 6.92 Å². The highest BCUT2D eigenvalue weighted by atomic mass is 16.5. The molecule has 22 heavy (non-hydrogen) atoms. The second-order valence-corrected chi connectivity index (χ2v) is 4.79. The predicted octanol–water partition coefficient (Wildman–Crippen LogP) is 3.12. The van der Waals surface area contributed by atoms with Crippen molar-refractivity contribution in [3.8, 4) is 11.5 Å². The Morgan fingerprint density at radius 1 is 1.32 bits per heavy atom. The van der Waals surface area contributed by atoms with Gasteiger partial charge in [0.1, 0.15) is 11.5 Å². The largest absolute Gasteiger partial charge is 0.497 e. The molecule has 0 aliphatic heterocycles. The van der Waals surface area contributed by atoms with Crippen LogP contribution >= 0.6 is 0 Å². The summed E-state index contributed by atoms with van der Waals surface area (Å²) >= 11 is 0. The number of aryl methyl sites for hydroxylation is 2. The highest BCUT2D eigenvalue weighted by Gasteiger charge is 2.11. The molecule has 0 saturated carbocycles. The molecule has 0 aliphatic rings. The Bertz CT molecular complexity index is 702. The third-order valence-corrected chi connectivity index (χ3v) is 3.39. The van der Waals surface area contributed by atoms with Crippen LogP contribution in [0.25, 0.3) is 6.08 Å². The summed E-state index contributed by atoms with van der Waals surface area (Å²) in [5.41, 5.74) is 2.13. The first-order valence-corrected chi connectivity index (χ1v) is 7.07. The fourth-order valence-corrected chi connectivity index (χ4v) is 2.15. The normalized spacial score (nSPS) is 10.9. The van der Waals surface area contributed by atoms with Crippen molar-refractivity contribution in [3.05, 3.63) is 47.3 Å². The fourth-order valence-electron chi connectivity index (χ4n) is 2.15. The zero-order valence-corrected chi connectivity index (χ0v) is 13.3. The number of allylic oxidation sites excluding steroid dienone is 1. The van der Waals surface area contributed by atoms with Crippen molar-refractivity contribution >= 4 is 11.9 Å². The molecule has 5 heteroatoms. The molecule has 0 amide bonds. The number of nitrogens with zero attached hydrogens (tertiary/aromatic N) is 2. The van der Waals surface area contributed by atoms with Crippen LogP contribution in [-0.2, 0) is 6.54 Å².